The number of nitrogens with one attached hydrogen (secondary N) is 1. The minimum Gasteiger partial charge on any atom is -0.344 e. The summed E-state index contributed by atoms with van der Waals surface area (Å²) in [7, 11) is 0. The van der Waals surface area contributed by atoms with Gasteiger partial charge in [0.2, 0.25) is 0 Å². The fraction of sp³-hybridized carbons (Fsp3) is 0.286. The first-order chi connectivity index (χ1) is 9.60. The summed E-state index contributed by atoms with van der Waals surface area (Å²) in [5, 5.41) is 5.62. The Balaban J connectivity index is 2.03. The summed E-state index contributed by atoms with van der Waals surface area (Å²) in [4.78, 5) is 16.4. The van der Waals surface area contributed by atoms with Crippen molar-refractivity contribution in [1.82, 2.24) is 10.3 Å². The lowest BCUT2D eigenvalue weighted by Gasteiger charge is -2.13. The Morgan fingerprint density at radius 1 is 1.55 bits per heavy atom. The monoisotopic (exact) mass is 353 g/mol. The number of benzene rings is 1. The first kappa shape index (κ1) is 15.2. The minimum atomic E-state index is -0.156. The zero-order valence-electron chi connectivity index (χ0n) is 11.1. The number of aromatic nitrogens is 1. The number of nitrogens with two attached hydrogens (primary N) is 1. The van der Waals surface area contributed by atoms with Gasteiger partial charge in [-0.3, -0.25) is 4.79 Å². The smallest absolute Gasteiger partial charge is 0.271 e. The molecule has 0 aliphatic carbocycles. The van der Waals surface area contributed by atoms with Crippen molar-refractivity contribution in [3.8, 4) is 0 Å². The van der Waals surface area contributed by atoms with E-state index in [-0.39, 0.29) is 11.9 Å². The molecule has 1 aromatic carbocycles. The van der Waals surface area contributed by atoms with Crippen molar-refractivity contribution in [1.29, 1.82) is 0 Å². The number of halogens is 1. The van der Waals surface area contributed by atoms with Crippen molar-refractivity contribution in [3.05, 3.63) is 50.4 Å². The molecule has 0 fully saturated rings. The van der Waals surface area contributed by atoms with Crippen LogP contribution in [0.5, 0.6) is 0 Å². The third kappa shape index (κ3) is 3.88. The maximum atomic E-state index is 12.1. The van der Waals surface area contributed by atoms with Gasteiger partial charge in [0.05, 0.1) is 11.0 Å². The Labute approximate surface area is 130 Å². The molecule has 6 heteroatoms. The lowest BCUT2D eigenvalue weighted by atomic mass is 10.1. The van der Waals surface area contributed by atoms with Crippen LogP contribution in [0.1, 0.15) is 34.0 Å². The van der Waals surface area contributed by atoms with Crippen molar-refractivity contribution < 1.29 is 4.79 Å². The van der Waals surface area contributed by atoms with Gasteiger partial charge in [0.1, 0.15) is 5.69 Å². The van der Waals surface area contributed by atoms with Crippen LogP contribution in [-0.2, 0) is 6.42 Å². The quantitative estimate of drug-likeness (QED) is 0.868. The molecule has 20 heavy (non-hydrogen) atoms. The Bertz CT molecular complexity index is 600. The molecule has 0 radical (unpaired) electrons. The zero-order valence-corrected chi connectivity index (χ0v) is 13.5. The molecule has 2 aromatic rings. The van der Waals surface area contributed by atoms with Gasteiger partial charge in [0, 0.05) is 16.3 Å². The van der Waals surface area contributed by atoms with Crippen LogP contribution in [0.4, 0.5) is 0 Å². The average Bonchev–Trinajstić information content (AvgIpc) is 2.88. The van der Waals surface area contributed by atoms with Crippen LogP contribution in [0, 0.1) is 0 Å². The van der Waals surface area contributed by atoms with Crippen molar-refractivity contribution >= 4 is 33.2 Å². The van der Waals surface area contributed by atoms with E-state index in [1.54, 1.807) is 5.38 Å². The molecule has 3 N–H and O–H groups in total. The molecule has 0 saturated heterocycles. The highest BCUT2D eigenvalue weighted by Gasteiger charge is 2.14. The Morgan fingerprint density at radius 3 is 3.05 bits per heavy atom. The van der Waals surface area contributed by atoms with Crippen LogP contribution in [0.3, 0.4) is 0 Å². The summed E-state index contributed by atoms with van der Waals surface area (Å²) < 4.78 is 0.995. The Hall–Kier alpha value is -1.24. The molecule has 0 spiro atoms. The number of amides is 1. The summed E-state index contributed by atoms with van der Waals surface area (Å²) in [5.41, 5.74) is 6.98. The number of hydrogen-bond donors (Lipinski definition) is 2. The molecular weight excluding hydrogens is 338 g/mol. The molecule has 1 aromatic heterocycles. The predicted octanol–water partition coefficient (Wildman–Crippen LogP) is 2.90. The third-order valence-corrected chi connectivity index (χ3v) is 4.24. The van der Waals surface area contributed by atoms with E-state index in [4.69, 9.17) is 5.73 Å². The molecule has 2 rings (SSSR count). The number of hydrogen-bond acceptors (Lipinski definition) is 4. The lowest BCUT2D eigenvalue weighted by molar-refractivity contribution is 0.0935. The lowest BCUT2D eigenvalue weighted by Crippen LogP contribution is -2.27. The van der Waals surface area contributed by atoms with Gasteiger partial charge >= 0.3 is 0 Å². The summed E-state index contributed by atoms with van der Waals surface area (Å²) in [6.45, 7) is 2.50. The van der Waals surface area contributed by atoms with Gasteiger partial charge in [-0.2, -0.15) is 0 Å². The largest absolute Gasteiger partial charge is 0.344 e. The van der Waals surface area contributed by atoms with Crippen LogP contribution in [-0.4, -0.2) is 17.4 Å². The Morgan fingerprint density at radius 2 is 2.35 bits per heavy atom. The minimum absolute atomic E-state index is 0.0698. The maximum absolute atomic E-state index is 12.1. The molecule has 1 heterocycles. The normalized spacial score (nSPS) is 12.2. The van der Waals surface area contributed by atoms with Gasteiger partial charge < -0.3 is 11.1 Å². The predicted molar refractivity (Wildman–Crippen MR) is 84.9 cm³/mol. The van der Waals surface area contributed by atoms with Gasteiger partial charge in [0.25, 0.3) is 5.91 Å². The average molecular weight is 354 g/mol. The van der Waals surface area contributed by atoms with Crippen LogP contribution in [0.15, 0.2) is 34.1 Å². The highest BCUT2D eigenvalue weighted by Crippen LogP contribution is 2.18. The third-order valence-electron chi connectivity index (χ3n) is 2.84. The number of carbonyl (C=O) groups excluding carboxylic acids is 1. The summed E-state index contributed by atoms with van der Waals surface area (Å²) in [6.07, 6.45) is 0.707. The van der Waals surface area contributed by atoms with E-state index in [2.05, 4.69) is 26.2 Å². The van der Waals surface area contributed by atoms with E-state index < -0.39 is 0 Å². The van der Waals surface area contributed by atoms with E-state index in [0.29, 0.717) is 18.7 Å². The fourth-order valence-corrected chi connectivity index (χ4v) is 2.99. The molecule has 0 aliphatic heterocycles. The van der Waals surface area contributed by atoms with Crippen molar-refractivity contribution in [2.24, 2.45) is 5.73 Å². The highest BCUT2D eigenvalue weighted by molar-refractivity contribution is 9.10. The number of rotatable bonds is 5. The number of carbonyl (C=O) groups is 1. The van der Waals surface area contributed by atoms with Crippen molar-refractivity contribution in [2.75, 3.05) is 6.54 Å². The van der Waals surface area contributed by atoms with Gasteiger partial charge in [-0.25, -0.2) is 4.98 Å². The second kappa shape index (κ2) is 6.97. The Kier molecular flexibility index (Phi) is 5.28. The van der Waals surface area contributed by atoms with E-state index in [1.165, 1.54) is 11.3 Å². The van der Waals surface area contributed by atoms with Gasteiger partial charge in [-0.1, -0.05) is 28.1 Å². The highest BCUT2D eigenvalue weighted by atomic mass is 79.9. The van der Waals surface area contributed by atoms with Crippen LogP contribution < -0.4 is 11.1 Å². The standard InChI is InChI=1S/C14H16BrN3OS/c1-9(10-3-2-4-11(15)7-10)17-14(19)12-8-20-13(18-12)5-6-16/h2-4,7-9H,5-6,16H2,1H3,(H,17,19)/t9-/m0/s1. The summed E-state index contributed by atoms with van der Waals surface area (Å²) in [5.74, 6) is -0.156. The SMILES string of the molecule is C[C@H](NC(=O)c1csc(CCN)n1)c1cccc(Br)c1. The molecule has 0 unspecified atom stereocenters. The molecule has 1 atom stereocenters. The van der Waals surface area contributed by atoms with Crippen molar-refractivity contribution in [2.45, 2.75) is 19.4 Å². The number of nitrogens with zero attached hydrogens (tertiary/aromatic N) is 1. The second-order valence-corrected chi connectivity index (χ2v) is 6.27. The topological polar surface area (TPSA) is 68.0 Å². The number of thiazole rings is 1. The van der Waals surface area contributed by atoms with Gasteiger partial charge in [0.15, 0.2) is 0 Å². The van der Waals surface area contributed by atoms with E-state index in [0.717, 1.165) is 15.0 Å². The van der Waals surface area contributed by atoms with Crippen LogP contribution in [0.2, 0.25) is 0 Å². The van der Waals surface area contributed by atoms with Crippen molar-refractivity contribution in [3.63, 3.8) is 0 Å². The maximum Gasteiger partial charge on any atom is 0.271 e. The molecule has 0 saturated carbocycles. The first-order valence-electron chi connectivity index (χ1n) is 6.31. The van der Waals surface area contributed by atoms with Gasteiger partial charge in [-0.05, 0) is 31.2 Å². The molecule has 106 valence electrons. The van der Waals surface area contributed by atoms with Crippen LogP contribution in [0.25, 0.3) is 0 Å². The molecule has 0 bridgehead atoms. The summed E-state index contributed by atoms with van der Waals surface area (Å²) in [6, 6.07) is 7.81. The van der Waals surface area contributed by atoms with Gasteiger partial charge in [-0.15, -0.1) is 11.3 Å². The molecule has 0 aliphatic rings. The fourth-order valence-electron chi connectivity index (χ4n) is 1.78. The summed E-state index contributed by atoms with van der Waals surface area (Å²) >= 11 is 4.90. The molecular formula is C14H16BrN3OS. The van der Waals surface area contributed by atoms with E-state index in [1.807, 2.05) is 31.2 Å². The first-order valence-corrected chi connectivity index (χ1v) is 7.98. The van der Waals surface area contributed by atoms with Crippen LogP contribution >= 0.6 is 27.3 Å². The van der Waals surface area contributed by atoms with E-state index >= 15 is 0 Å². The van der Waals surface area contributed by atoms with E-state index in [9.17, 15) is 4.79 Å². The molecule has 4 nitrogen and oxygen atoms in total. The molecule has 1 amide bonds. The zero-order chi connectivity index (χ0) is 14.5. The second-order valence-electron chi connectivity index (χ2n) is 4.42.